The van der Waals surface area contributed by atoms with Gasteiger partial charge in [-0.3, -0.25) is 4.79 Å². The van der Waals surface area contributed by atoms with Crippen molar-refractivity contribution in [2.75, 3.05) is 6.54 Å². The Hall–Kier alpha value is -3.33. The lowest BCUT2D eigenvalue weighted by atomic mass is 10.2. The Morgan fingerprint density at radius 1 is 0.844 bits per heavy atom. The van der Waals surface area contributed by atoms with Gasteiger partial charge in [0.2, 0.25) is 29.3 Å². The fraction of sp³-hybridized carbons (Fsp3) is 0.348. The Kier molecular flexibility index (Phi) is 7.75. The minimum absolute atomic E-state index is 0.0466. The average Bonchev–Trinajstić information content (AvgIpc) is 3.58. The van der Waals surface area contributed by atoms with E-state index in [-0.39, 0.29) is 5.91 Å². The van der Waals surface area contributed by atoms with Crippen LogP contribution in [0.3, 0.4) is 0 Å². The maximum absolute atomic E-state index is 12.0. The Balaban J connectivity index is 1.05. The summed E-state index contributed by atoms with van der Waals surface area (Å²) >= 11 is 1.59. The van der Waals surface area contributed by atoms with E-state index in [1.54, 1.807) is 11.3 Å². The quantitative estimate of drug-likeness (QED) is 0.311. The molecular formula is C23H25N5O3S. The van der Waals surface area contributed by atoms with Gasteiger partial charge in [0, 0.05) is 31.4 Å². The zero-order valence-corrected chi connectivity index (χ0v) is 18.5. The van der Waals surface area contributed by atoms with E-state index in [0.29, 0.717) is 49.2 Å². The monoisotopic (exact) mass is 451 g/mol. The van der Waals surface area contributed by atoms with Crippen LogP contribution in [0.4, 0.5) is 0 Å². The summed E-state index contributed by atoms with van der Waals surface area (Å²) in [5.41, 5.74) is 0.919. The number of thiophene rings is 1. The van der Waals surface area contributed by atoms with Gasteiger partial charge in [0.1, 0.15) is 0 Å². The molecule has 0 aliphatic carbocycles. The van der Waals surface area contributed by atoms with Crippen molar-refractivity contribution in [1.29, 1.82) is 0 Å². The summed E-state index contributed by atoms with van der Waals surface area (Å²) in [6.45, 7) is 0.668. The van der Waals surface area contributed by atoms with Gasteiger partial charge >= 0.3 is 0 Å². The van der Waals surface area contributed by atoms with Gasteiger partial charge < -0.3 is 14.4 Å². The first-order chi connectivity index (χ1) is 15.8. The lowest BCUT2D eigenvalue weighted by molar-refractivity contribution is -0.121. The third kappa shape index (κ3) is 6.34. The summed E-state index contributed by atoms with van der Waals surface area (Å²) in [6, 6.07) is 13.6. The van der Waals surface area contributed by atoms with Crippen molar-refractivity contribution >= 4 is 17.2 Å². The van der Waals surface area contributed by atoms with E-state index < -0.39 is 0 Å². The molecule has 4 rings (SSSR count). The van der Waals surface area contributed by atoms with Gasteiger partial charge in [-0.05, 0) is 30.7 Å². The summed E-state index contributed by atoms with van der Waals surface area (Å²) in [6.07, 6.45) is 5.31. The number of carbonyl (C=O) groups is 1. The number of hydrogen-bond donors (Lipinski definition) is 1. The number of nitrogens with zero attached hydrogens (tertiary/aromatic N) is 4. The zero-order valence-electron chi connectivity index (χ0n) is 17.7. The lowest BCUT2D eigenvalue weighted by Crippen LogP contribution is -2.24. The first-order valence-corrected chi connectivity index (χ1v) is 11.7. The van der Waals surface area contributed by atoms with E-state index >= 15 is 0 Å². The van der Waals surface area contributed by atoms with E-state index in [4.69, 9.17) is 9.05 Å². The fourth-order valence-corrected chi connectivity index (χ4v) is 3.87. The second-order valence-corrected chi connectivity index (χ2v) is 8.33. The second kappa shape index (κ2) is 11.3. The van der Waals surface area contributed by atoms with Gasteiger partial charge in [-0.2, -0.15) is 9.97 Å². The number of rotatable bonds is 12. The van der Waals surface area contributed by atoms with Crippen molar-refractivity contribution in [1.82, 2.24) is 25.6 Å². The average molecular weight is 452 g/mol. The van der Waals surface area contributed by atoms with Crippen LogP contribution in [0.2, 0.25) is 0 Å². The number of hydrogen-bond acceptors (Lipinski definition) is 8. The summed E-state index contributed by atoms with van der Waals surface area (Å²) in [4.78, 5) is 21.8. The maximum atomic E-state index is 12.0. The van der Waals surface area contributed by atoms with Crippen LogP contribution < -0.4 is 5.32 Å². The molecule has 8 nitrogen and oxygen atoms in total. The molecule has 0 fully saturated rings. The van der Waals surface area contributed by atoms with Crippen LogP contribution in [0.15, 0.2) is 56.9 Å². The molecule has 0 atom stereocenters. The van der Waals surface area contributed by atoms with Crippen molar-refractivity contribution in [2.45, 2.75) is 44.9 Å². The third-order valence-electron chi connectivity index (χ3n) is 4.89. The van der Waals surface area contributed by atoms with Crippen LogP contribution in [0, 0.1) is 0 Å². The molecule has 0 spiro atoms. The topological polar surface area (TPSA) is 107 Å². The second-order valence-electron chi connectivity index (χ2n) is 7.38. The number of nitrogens with one attached hydrogen (secondary N) is 1. The minimum atomic E-state index is 0.0466. The summed E-state index contributed by atoms with van der Waals surface area (Å²) in [7, 11) is 0. The number of aryl methyl sites for hydroxylation is 2. The number of unbranched alkanes of at least 4 members (excludes halogenated alkanes) is 2. The van der Waals surface area contributed by atoms with Crippen LogP contribution >= 0.6 is 11.3 Å². The Morgan fingerprint density at radius 3 is 2.38 bits per heavy atom. The molecule has 0 radical (unpaired) electrons. The van der Waals surface area contributed by atoms with Crippen LogP contribution in [0.5, 0.6) is 0 Å². The van der Waals surface area contributed by atoms with Crippen LogP contribution in [-0.4, -0.2) is 32.7 Å². The molecule has 3 heterocycles. The first kappa shape index (κ1) is 21.9. The molecule has 166 valence electrons. The molecule has 1 N–H and O–H groups in total. The molecule has 32 heavy (non-hydrogen) atoms. The third-order valence-corrected chi connectivity index (χ3v) is 5.76. The summed E-state index contributed by atoms with van der Waals surface area (Å²) < 4.78 is 10.6. The number of aromatic nitrogens is 4. The molecule has 0 aliphatic rings. The van der Waals surface area contributed by atoms with Gasteiger partial charge in [-0.1, -0.05) is 53.1 Å². The molecule has 3 aromatic heterocycles. The Morgan fingerprint density at radius 2 is 1.59 bits per heavy atom. The lowest BCUT2D eigenvalue weighted by Gasteiger charge is -2.04. The molecule has 0 saturated carbocycles. The van der Waals surface area contributed by atoms with E-state index in [1.165, 1.54) is 0 Å². The molecule has 0 bridgehead atoms. The van der Waals surface area contributed by atoms with Crippen molar-refractivity contribution < 1.29 is 13.8 Å². The van der Waals surface area contributed by atoms with Crippen molar-refractivity contribution in [3.63, 3.8) is 0 Å². The molecule has 0 aliphatic heterocycles. The summed E-state index contributed by atoms with van der Waals surface area (Å²) in [5.74, 6) is 2.49. The van der Waals surface area contributed by atoms with Crippen molar-refractivity contribution in [3.05, 3.63) is 59.6 Å². The maximum Gasteiger partial charge on any atom is 0.226 e. The van der Waals surface area contributed by atoms with Gasteiger partial charge in [-0.15, -0.1) is 11.3 Å². The molecule has 1 aromatic carbocycles. The van der Waals surface area contributed by atoms with E-state index in [2.05, 4.69) is 25.6 Å². The molecule has 0 saturated heterocycles. The SMILES string of the molecule is O=C(CCCc1nc(-c2ccccc2)no1)NCCCCCc1nc(-c2cccs2)no1. The van der Waals surface area contributed by atoms with Gasteiger partial charge in [0.15, 0.2) is 0 Å². The Labute approximate surface area is 190 Å². The van der Waals surface area contributed by atoms with Gasteiger partial charge in [-0.25, -0.2) is 0 Å². The Bertz CT molecular complexity index is 1090. The molecule has 9 heteroatoms. The molecule has 0 unspecified atom stereocenters. The summed E-state index contributed by atoms with van der Waals surface area (Å²) in [5, 5.41) is 13.0. The first-order valence-electron chi connectivity index (χ1n) is 10.8. The van der Waals surface area contributed by atoms with Gasteiger partial charge in [0.05, 0.1) is 4.88 Å². The van der Waals surface area contributed by atoms with Crippen molar-refractivity contribution in [3.8, 4) is 22.1 Å². The highest BCUT2D eigenvalue weighted by Crippen LogP contribution is 2.21. The predicted octanol–water partition coefficient (Wildman–Crippen LogP) is 4.70. The van der Waals surface area contributed by atoms with E-state index in [1.807, 2.05) is 47.8 Å². The smallest absolute Gasteiger partial charge is 0.226 e. The molecule has 1 amide bonds. The zero-order chi connectivity index (χ0) is 22.0. The minimum Gasteiger partial charge on any atom is -0.356 e. The fourth-order valence-electron chi connectivity index (χ4n) is 3.22. The largest absolute Gasteiger partial charge is 0.356 e. The molecular weight excluding hydrogens is 426 g/mol. The highest BCUT2D eigenvalue weighted by molar-refractivity contribution is 7.13. The highest BCUT2D eigenvalue weighted by atomic mass is 32.1. The van der Waals surface area contributed by atoms with Crippen molar-refractivity contribution in [2.24, 2.45) is 0 Å². The number of carbonyl (C=O) groups excluding carboxylic acids is 1. The normalized spacial score (nSPS) is 11.0. The van der Waals surface area contributed by atoms with E-state index in [0.717, 1.165) is 36.1 Å². The standard InChI is InChI=1S/C23H25N5O3S/c29-19(12-7-14-21-25-22(27-30-21)17-9-3-1-4-10-17)24-15-6-2-5-13-20-26-23(28-31-20)18-11-8-16-32-18/h1,3-4,8-11,16H,2,5-7,12-15H2,(H,24,29). The van der Waals surface area contributed by atoms with Gasteiger partial charge in [0.25, 0.3) is 0 Å². The van der Waals surface area contributed by atoms with Crippen LogP contribution in [0.25, 0.3) is 22.1 Å². The highest BCUT2D eigenvalue weighted by Gasteiger charge is 2.10. The predicted molar refractivity (Wildman–Crippen MR) is 121 cm³/mol. The van der Waals surface area contributed by atoms with Crippen LogP contribution in [-0.2, 0) is 17.6 Å². The number of benzene rings is 1. The number of amides is 1. The van der Waals surface area contributed by atoms with Crippen LogP contribution in [0.1, 0.15) is 43.9 Å². The van der Waals surface area contributed by atoms with E-state index in [9.17, 15) is 4.79 Å². The molecule has 4 aromatic rings.